The van der Waals surface area contributed by atoms with Crippen molar-refractivity contribution in [2.75, 3.05) is 5.73 Å². The van der Waals surface area contributed by atoms with Crippen LogP contribution in [0.4, 0.5) is 5.88 Å². The van der Waals surface area contributed by atoms with Crippen LogP contribution in [-0.2, 0) is 9.84 Å². The van der Waals surface area contributed by atoms with Crippen LogP contribution in [0.25, 0.3) is 0 Å². The van der Waals surface area contributed by atoms with Gasteiger partial charge < -0.3 is 10.3 Å². The average molecular weight is 218 g/mol. The van der Waals surface area contributed by atoms with Crippen molar-refractivity contribution < 1.29 is 17.7 Å². The van der Waals surface area contributed by atoms with E-state index in [0.717, 1.165) is 6.07 Å². The van der Waals surface area contributed by atoms with Crippen molar-refractivity contribution in [3.63, 3.8) is 0 Å². The van der Waals surface area contributed by atoms with E-state index in [-0.39, 0.29) is 11.6 Å². The summed E-state index contributed by atoms with van der Waals surface area (Å²) in [6.45, 7) is 2.83. The summed E-state index contributed by atoms with van der Waals surface area (Å²) < 4.78 is 27.1. The number of carbonyl (C=O) groups is 1. The minimum atomic E-state index is -3.83. The number of nitrogens with zero attached hydrogens (tertiary/aromatic N) is 1. The highest BCUT2D eigenvalue weighted by Gasteiger charge is 2.30. The van der Waals surface area contributed by atoms with Gasteiger partial charge in [0.05, 0.1) is 5.25 Å². The molecule has 1 aromatic rings. The first-order chi connectivity index (χ1) is 6.35. The lowest BCUT2D eigenvalue weighted by atomic mass is 10.5. The summed E-state index contributed by atoms with van der Waals surface area (Å²) in [5.74, 6) is -0.0905. The highest BCUT2D eigenvalue weighted by molar-refractivity contribution is 8.07. The highest BCUT2D eigenvalue weighted by Crippen LogP contribution is 2.12. The lowest BCUT2D eigenvalue weighted by Crippen LogP contribution is -2.24. The van der Waals surface area contributed by atoms with Gasteiger partial charge in [-0.25, -0.2) is 8.42 Å². The predicted octanol–water partition coefficient (Wildman–Crippen LogP) is 0.220. The van der Waals surface area contributed by atoms with Crippen LogP contribution in [0.15, 0.2) is 10.6 Å². The zero-order valence-electron chi connectivity index (χ0n) is 7.72. The molecule has 1 aromatic heterocycles. The van der Waals surface area contributed by atoms with E-state index in [0.29, 0.717) is 0 Å². The average Bonchev–Trinajstić information content (AvgIpc) is 2.50. The van der Waals surface area contributed by atoms with Gasteiger partial charge in [0, 0.05) is 6.07 Å². The summed E-state index contributed by atoms with van der Waals surface area (Å²) in [6.07, 6.45) is 0. The molecule has 0 aliphatic heterocycles. The molecular weight excluding hydrogens is 208 g/mol. The van der Waals surface area contributed by atoms with E-state index in [9.17, 15) is 13.2 Å². The van der Waals surface area contributed by atoms with Gasteiger partial charge in [-0.15, -0.1) is 0 Å². The molecule has 0 aromatic carbocycles. The number of nitrogen functional groups attached to an aromatic ring is 1. The van der Waals surface area contributed by atoms with Crippen molar-refractivity contribution >= 4 is 20.8 Å². The van der Waals surface area contributed by atoms with E-state index in [1.807, 2.05) is 0 Å². The number of anilines is 1. The molecule has 0 fully saturated rings. The third kappa shape index (κ3) is 1.77. The molecule has 1 heterocycles. The Labute approximate surface area is 81.0 Å². The van der Waals surface area contributed by atoms with Gasteiger partial charge in [0.1, 0.15) is 0 Å². The summed E-state index contributed by atoms with van der Waals surface area (Å²) >= 11 is 0. The number of carbonyl (C=O) groups excluding carboxylic acids is 1. The molecule has 0 saturated heterocycles. The van der Waals surface area contributed by atoms with Crippen LogP contribution in [0.1, 0.15) is 24.3 Å². The van der Waals surface area contributed by atoms with Crippen LogP contribution in [0.2, 0.25) is 0 Å². The molecule has 2 N–H and O–H groups in total. The lowest BCUT2D eigenvalue weighted by molar-refractivity contribution is 0.106. The second kappa shape index (κ2) is 3.41. The van der Waals surface area contributed by atoms with E-state index in [4.69, 9.17) is 5.73 Å². The molecule has 0 radical (unpaired) electrons. The first-order valence-corrected chi connectivity index (χ1v) is 5.40. The van der Waals surface area contributed by atoms with Crippen molar-refractivity contribution in [2.24, 2.45) is 0 Å². The molecule has 0 saturated carbocycles. The van der Waals surface area contributed by atoms with E-state index in [1.54, 1.807) is 0 Å². The number of aromatic nitrogens is 1. The minimum Gasteiger partial charge on any atom is -0.368 e. The Morgan fingerprint density at radius 2 is 2.14 bits per heavy atom. The predicted molar refractivity (Wildman–Crippen MR) is 49.3 cm³/mol. The molecule has 14 heavy (non-hydrogen) atoms. The fraction of sp³-hybridized carbons (Fsp3) is 0.429. The maximum atomic E-state index is 11.4. The van der Waals surface area contributed by atoms with Crippen LogP contribution in [-0.4, -0.2) is 23.9 Å². The molecule has 6 nitrogen and oxygen atoms in total. The van der Waals surface area contributed by atoms with Gasteiger partial charge in [0.2, 0.25) is 15.7 Å². The number of rotatable bonds is 2. The van der Waals surface area contributed by atoms with Gasteiger partial charge in [-0.3, -0.25) is 4.79 Å². The van der Waals surface area contributed by atoms with Crippen LogP contribution in [0, 0.1) is 0 Å². The van der Waals surface area contributed by atoms with Gasteiger partial charge >= 0.3 is 0 Å². The van der Waals surface area contributed by atoms with E-state index in [2.05, 4.69) is 9.68 Å². The molecule has 0 aliphatic rings. The number of hydrogen-bond donors (Lipinski definition) is 1. The maximum Gasteiger partial charge on any atom is 0.298 e. The Hall–Kier alpha value is -1.37. The molecule has 1 rings (SSSR count). The smallest absolute Gasteiger partial charge is 0.298 e. The van der Waals surface area contributed by atoms with Crippen LogP contribution in [0.3, 0.4) is 0 Å². The van der Waals surface area contributed by atoms with Crippen LogP contribution >= 0.6 is 0 Å². The van der Waals surface area contributed by atoms with Crippen LogP contribution in [0.5, 0.6) is 0 Å². The van der Waals surface area contributed by atoms with Gasteiger partial charge in [-0.05, 0) is 13.8 Å². The molecule has 0 aliphatic carbocycles. The second-order valence-electron chi connectivity index (χ2n) is 3.00. The first-order valence-electron chi connectivity index (χ1n) is 3.86. The van der Waals surface area contributed by atoms with E-state index < -0.39 is 20.2 Å². The van der Waals surface area contributed by atoms with Gasteiger partial charge in [-0.1, -0.05) is 5.16 Å². The Morgan fingerprint density at radius 3 is 2.50 bits per heavy atom. The number of sulfone groups is 1. The summed E-state index contributed by atoms with van der Waals surface area (Å²) in [7, 11) is -3.83. The van der Waals surface area contributed by atoms with Crippen molar-refractivity contribution in [1.29, 1.82) is 0 Å². The Kier molecular flexibility index (Phi) is 2.61. The summed E-state index contributed by atoms with van der Waals surface area (Å²) in [5.41, 5.74) is 4.88. The number of nitrogens with two attached hydrogens (primary N) is 1. The Balaban J connectivity index is 3.09. The molecule has 78 valence electrons. The van der Waals surface area contributed by atoms with Crippen molar-refractivity contribution in [2.45, 2.75) is 19.1 Å². The number of hydrogen-bond acceptors (Lipinski definition) is 6. The van der Waals surface area contributed by atoms with Crippen molar-refractivity contribution in [1.82, 2.24) is 5.16 Å². The monoisotopic (exact) mass is 218 g/mol. The normalized spacial score (nSPS) is 11.9. The minimum absolute atomic E-state index is 0.0905. The molecule has 0 amide bonds. The standard InChI is InChI=1S/C7H10N2O4S/c1-4(2)14(11,12)7(10)5-3-6(8)13-9-5/h3-4H,8H2,1-2H3. The van der Waals surface area contributed by atoms with Gasteiger partial charge in [0.15, 0.2) is 5.69 Å². The molecular formula is C7H10N2O4S. The Morgan fingerprint density at radius 1 is 1.57 bits per heavy atom. The van der Waals surface area contributed by atoms with Gasteiger partial charge in [-0.2, -0.15) is 0 Å². The maximum absolute atomic E-state index is 11.4. The highest BCUT2D eigenvalue weighted by atomic mass is 32.2. The molecule has 0 bridgehead atoms. The van der Waals surface area contributed by atoms with E-state index >= 15 is 0 Å². The fourth-order valence-electron chi connectivity index (χ4n) is 0.745. The third-order valence-corrected chi connectivity index (χ3v) is 3.58. The Bertz CT molecular complexity index is 446. The summed E-state index contributed by atoms with van der Waals surface area (Å²) in [4.78, 5) is 11.4. The summed E-state index contributed by atoms with van der Waals surface area (Å²) in [5, 5.41) is 1.39. The zero-order chi connectivity index (χ0) is 10.9. The molecule has 0 atom stereocenters. The molecule has 0 unspecified atom stereocenters. The van der Waals surface area contributed by atoms with Gasteiger partial charge in [0.25, 0.3) is 5.12 Å². The van der Waals surface area contributed by atoms with Crippen LogP contribution < -0.4 is 5.73 Å². The molecule has 0 spiro atoms. The quantitative estimate of drug-likeness (QED) is 0.761. The van der Waals surface area contributed by atoms with Crippen molar-refractivity contribution in [3.8, 4) is 0 Å². The summed E-state index contributed by atoms with van der Waals surface area (Å²) in [6, 6.07) is 1.09. The largest absolute Gasteiger partial charge is 0.368 e. The topological polar surface area (TPSA) is 103 Å². The zero-order valence-corrected chi connectivity index (χ0v) is 8.54. The molecule has 7 heteroatoms. The second-order valence-corrected chi connectivity index (χ2v) is 5.40. The first kappa shape index (κ1) is 10.7. The third-order valence-electron chi connectivity index (χ3n) is 1.62. The lowest BCUT2D eigenvalue weighted by Gasteiger charge is -2.02. The SMILES string of the molecule is CC(C)S(=O)(=O)C(=O)c1cc(N)on1. The van der Waals surface area contributed by atoms with Crippen molar-refractivity contribution in [3.05, 3.63) is 11.8 Å². The van der Waals surface area contributed by atoms with E-state index in [1.165, 1.54) is 13.8 Å². The fourth-order valence-corrected chi connectivity index (χ4v) is 1.56.